The lowest BCUT2D eigenvalue weighted by Crippen LogP contribution is -2.18. The third kappa shape index (κ3) is 2.75. The molecule has 1 aromatic heterocycles. The van der Waals surface area contributed by atoms with Crippen molar-refractivity contribution in [2.45, 2.75) is 46.2 Å². The fourth-order valence-corrected chi connectivity index (χ4v) is 2.70. The smallest absolute Gasteiger partial charge is 0.146 e. The van der Waals surface area contributed by atoms with Crippen LogP contribution in [0.4, 0.5) is 0 Å². The molecule has 2 N–H and O–H groups in total. The van der Waals surface area contributed by atoms with Crippen LogP contribution in [-0.2, 0) is 13.1 Å². The molecule has 1 aromatic carbocycles. The zero-order valence-electron chi connectivity index (χ0n) is 12.6. The summed E-state index contributed by atoms with van der Waals surface area (Å²) in [6, 6.07) is 10.6. The van der Waals surface area contributed by atoms with Crippen LogP contribution >= 0.6 is 0 Å². The largest absolute Gasteiger partial charge is 0.324 e. The third-order valence-corrected chi connectivity index (χ3v) is 4.00. The van der Waals surface area contributed by atoms with E-state index in [0.717, 1.165) is 24.6 Å². The molecule has 0 aliphatic heterocycles. The molecule has 2 aromatic rings. The van der Waals surface area contributed by atoms with Crippen LogP contribution in [0.3, 0.4) is 0 Å². The standard InChI is InChI=1S/C16H24N4/c1-4-12(3)15(13-9-7-6-8-10-13)16-19-18-14(11-17)20(16)5-2/h6-10,12,15H,4-5,11,17H2,1-3H3. The van der Waals surface area contributed by atoms with Gasteiger partial charge in [-0.05, 0) is 18.4 Å². The van der Waals surface area contributed by atoms with E-state index in [1.165, 1.54) is 5.56 Å². The van der Waals surface area contributed by atoms with Gasteiger partial charge in [-0.3, -0.25) is 0 Å². The third-order valence-electron chi connectivity index (χ3n) is 4.00. The van der Waals surface area contributed by atoms with E-state index in [0.29, 0.717) is 12.5 Å². The molecular formula is C16H24N4. The van der Waals surface area contributed by atoms with Gasteiger partial charge in [0, 0.05) is 12.5 Å². The number of hydrogen-bond donors (Lipinski definition) is 1. The normalized spacial score (nSPS) is 14.2. The number of aromatic nitrogens is 3. The van der Waals surface area contributed by atoms with E-state index < -0.39 is 0 Å². The molecular weight excluding hydrogens is 248 g/mol. The minimum atomic E-state index is 0.272. The Balaban J connectivity index is 2.50. The lowest BCUT2D eigenvalue weighted by atomic mass is 9.85. The number of nitrogens with zero attached hydrogens (tertiary/aromatic N) is 3. The first kappa shape index (κ1) is 14.7. The molecule has 20 heavy (non-hydrogen) atoms. The van der Waals surface area contributed by atoms with Crippen molar-refractivity contribution in [3.05, 3.63) is 47.5 Å². The summed E-state index contributed by atoms with van der Waals surface area (Å²) in [5, 5.41) is 8.69. The average molecular weight is 272 g/mol. The lowest BCUT2D eigenvalue weighted by Gasteiger charge is -2.23. The Labute approximate surface area is 121 Å². The second kappa shape index (κ2) is 6.66. The topological polar surface area (TPSA) is 56.7 Å². The Morgan fingerprint density at radius 3 is 2.40 bits per heavy atom. The van der Waals surface area contributed by atoms with E-state index >= 15 is 0 Å². The molecule has 0 radical (unpaired) electrons. The van der Waals surface area contributed by atoms with Crippen molar-refractivity contribution in [3.63, 3.8) is 0 Å². The van der Waals surface area contributed by atoms with Crippen LogP contribution in [0.25, 0.3) is 0 Å². The average Bonchev–Trinajstić information content (AvgIpc) is 2.91. The highest BCUT2D eigenvalue weighted by Crippen LogP contribution is 2.32. The highest BCUT2D eigenvalue weighted by atomic mass is 15.3. The zero-order chi connectivity index (χ0) is 14.5. The van der Waals surface area contributed by atoms with Crippen LogP contribution < -0.4 is 5.73 Å². The Hall–Kier alpha value is -1.68. The van der Waals surface area contributed by atoms with E-state index in [1.807, 2.05) is 6.07 Å². The van der Waals surface area contributed by atoms with E-state index in [9.17, 15) is 0 Å². The lowest BCUT2D eigenvalue weighted by molar-refractivity contribution is 0.460. The first-order valence-corrected chi connectivity index (χ1v) is 7.39. The van der Waals surface area contributed by atoms with Gasteiger partial charge in [0.15, 0.2) is 0 Å². The van der Waals surface area contributed by atoms with Gasteiger partial charge in [-0.25, -0.2) is 0 Å². The Morgan fingerprint density at radius 2 is 1.85 bits per heavy atom. The molecule has 2 unspecified atom stereocenters. The number of benzene rings is 1. The minimum Gasteiger partial charge on any atom is -0.324 e. The summed E-state index contributed by atoms with van der Waals surface area (Å²) < 4.78 is 2.16. The number of nitrogens with two attached hydrogens (primary N) is 1. The van der Waals surface area contributed by atoms with Crippen molar-refractivity contribution < 1.29 is 0 Å². The van der Waals surface area contributed by atoms with E-state index in [-0.39, 0.29) is 5.92 Å². The minimum absolute atomic E-state index is 0.272. The van der Waals surface area contributed by atoms with Crippen LogP contribution in [0.15, 0.2) is 30.3 Å². The quantitative estimate of drug-likeness (QED) is 0.879. The summed E-state index contributed by atoms with van der Waals surface area (Å²) >= 11 is 0. The fourth-order valence-electron chi connectivity index (χ4n) is 2.70. The van der Waals surface area contributed by atoms with Crippen LogP contribution in [0.1, 0.15) is 50.3 Å². The van der Waals surface area contributed by atoms with Crippen molar-refractivity contribution in [2.24, 2.45) is 11.7 Å². The second-order valence-corrected chi connectivity index (χ2v) is 5.20. The highest BCUT2D eigenvalue weighted by molar-refractivity contribution is 5.27. The van der Waals surface area contributed by atoms with Crippen LogP contribution in [0, 0.1) is 5.92 Å². The molecule has 0 aliphatic carbocycles. The van der Waals surface area contributed by atoms with Crippen molar-refractivity contribution in [1.82, 2.24) is 14.8 Å². The van der Waals surface area contributed by atoms with Gasteiger partial charge in [-0.15, -0.1) is 10.2 Å². The van der Waals surface area contributed by atoms with E-state index in [4.69, 9.17) is 5.73 Å². The van der Waals surface area contributed by atoms with Crippen molar-refractivity contribution in [3.8, 4) is 0 Å². The van der Waals surface area contributed by atoms with Gasteiger partial charge in [-0.1, -0.05) is 50.6 Å². The summed E-state index contributed by atoms with van der Waals surface area (Å²) in [5.41, 5.74) is 7.06. The van der Waals surface area contributed by atoms with Gasteiger partial charge in [0.25, 0.3) is 0 Å². The first-order chi connectivity index (χ1) is 9.72. The highest BCUT2D eigenvalue weighted by Gasteiger charge is 2.26. The summed E-state index contributed by atoms with van der Waals surface area (Å²) in [4.78, 5) is 0. The molecule has 0 saturated carbocycles. The molecule has 4 nitrogen and oxygen atoms in total. The molecule has 2 atom stereocenters. The summed E-state index contributed by atoms with van der Waals surface area (Å²) in [5.74, 6) is 2.69. The fraction of sp³-hybridized carbons (Fsp3) is 0.500. The Morgan fingerprint density at radius 1 is 1.15 bits per heavy atom. The predicted molar refractivity (Wildman–Crippen MR) is 81.3 cm³/mol. The van der Waals surface area contributed by atoms with Crippen LogP contribution in [0.2, 0.25) is 0 Å². The first-order valence-electron chi connectivity index (χ1n) is 7.39. The molecule has 0 saturated heterocycles. The van der Waals surface area contributed by atoms with Crippen LogP contribution in [0.5, 0.6) is 0 Å². The predicted octanol–water partition coefficient (Wildman–Crippen LogP) is 2.93. The molecule has 2 rings (SSSR count). The van der Waals surface area contributed by atoms with Gasteiger partial charge in [0.1, 0.15) is 11.6 Å². The maximum atomic E-state index is 5.76. The van der Waals surface area contributed by atoms with Crippen molar-refractivity contribution in [2.75, 3.05) is 0 Å². The second-order valence-electron chi connectivity index (χ2n) is 5.20. The van der Waals surface area contributed by atoms with Gasteiger partial charge < -0.3 is 10.3 Å². The van der Waals surface area contributed by atoms with Gasteiger partial charge in [-0.2, -0.15) is 0 Å². The van der Waals surface area contributed by atoms with Gasteiger partial charge in [0.05, 0.1) is 6.54 Å². The molecule has 0 spiro atoms. The maximum Gasteiger partial charge on any atom is 0.146 e. The SMILES string of the molecule is CCC(C)C(c1ccccc1)c1nnc(CN)n1CC. The molecule has 1 heterocycles. The molecule has 0 fully saturated rings. The van der Waals surface area contributed by atoms with Crippen LogP contribution in [-0.4, -0.2) is 14.8 Å². The van der Waals surface area contributed by atoms with Gasteiger partial charge in [0.2, 0.25) is 0 Å². The molecule has 0 bridgehead atoms. The summed E-state index contributed by atoms with van der Waals surface area (Å²) in [6.45, 7) is 7.90. The zero-order valence-corrected chi connectivity index (χ0v) is 12.6. The monoisotopic (exact) mass is 272 g/mol. The Kier molecular flexibility index (Phi) is 4.90. The summed E-state index contributed by atoms with van der Waals surface area (Å²) in [6.07, 6.45) is 1.11. The van der Waals surface area contributed by atoms with E-state index in [2.05, 4.69) is 59.8 Å². The van der Waals surface area contributed by atoms with Crippen molar-refractivity contribution in [1.29, 1.82) is 0 Å². The maximum absolute atomic E-state index is 5.76. The molecule has 108 valence electrons. The van der Waals surface area contributed by atoms with Crippen molar-refractivity contribution >= 4 is 0 Å². The van der Waals surface area contributed by atoms with Gasteiger partial charge >= 0.3 is 0 Å². The number of hydrogen-bond acceptors (Lipinski definition) is 3. The molecule has 4 heteroatoms. The Bertz CT molecular complexity index is 533. The molecule has 0 aliphatic rings. The molecule has 0 amide bonds. The summed E-state index contributed by atoms with van der Waals surface area (Å²) in [7, 11) is 0. The number of rotatable bonds is 6. The van der Waals surface area contributed by atoms with E-state index in [1.54, 1.807) is 0 Å².